The van der Waals surface area contributed by atoms with E-state index < -0.39 is 0 Å². The first-order chi connectivity index (χ1) is 10.3. The topological polar surface area (TPSA) is 46.2 Å². The van der Waals surface area contributed by atoms with E-state index in [1.165, 1.54) is 19.3 Å². The monoisotopic (exact) mass is 301 g/mol. The summed E-state index contributed by atoms with van der Waals surface area (Å²) >= 11 is 4.53. The fourth-order valence-corrected chi connectivity index (χ4v) is 3.52. The van der Waals surface area contributed by atoms with Gasteiger partial charge in [0, 0.05) is 5.41 Å². The Hall–Kier alpha value is -1.60. The van der Waals surface area contributed by atoms with Crippen LogP contribution < -0.4 is 4.74 Å². The van der Waals surface area contributed by atoms with Crippen LogP contribution >= 0.6 is 12.6 Å². The quantitative estimate of drug-likeness (QED) is 0.842. The van der Waals surface area contributed by atoms with Crippen molar-refractivity contribution < 1.29 is 9.15 Å². The lowest BCUT2D eigenvalue weighted by atomic mass is 9.76. The SMILES string of the molecule is N#Cc1oc2ccccc2c1OCC1(CS)CCCCC1. The molecule has 2 aromatic rings. The summed E-state index contributed by atoms with van der Waals surface area (Å²) in [4.78, 5) is 0. The van der Waals surface area contributed by atoms with Crippen molar-refractivity contribution in [1.29, 1.82) is 5.26 Å². The minimum atomic E-state index is 0.131. The molecule has 1 fully saturated rings. The molecule has 1 aromatic carbocycles. The Balaban J connectivity index is 1.86. The van der Waals surface area contributed by atoms with Gasteiger partial charge in [-0.1, -0.05) is 31.4 Å². The molecule has 3 nitrogen and oxygen atoms in total. The van der Waals surface area contributed by atoms with Crippen LogP contribution in [0.2, 0.25) is 0 Å². The Kier molecular flexibility index (Phi) is 4.12. The zero-order valence-electron chi connectivity index (χ0n) is 12.0. The highest BCUT2D eigenvalue weighted by Gasteiger charge is 2.32. The van der Waals surface area contributed by atoms with Gasteiger partial charge < -0.3 is 9.15 Å². The normalized spacial score (nSPS) is 17.5. The molecule has 0 atom stereocenters. The molecule has 110 valence electrons. The van der Waals surface area contributed by atoms with Gasteiger partial charge in [0.2, 0.25) is 5.76 Å². The molecule has 21 heavy (non-hydrogen) atoms. The molecule has 0 unspecified atom stereocenters. The Labute approximate surface area is 130 Å². The van der Waals surface area contributed by atoms with E-state index in [-0.39, 0.29) is 11.2 Å². The van der Waals surface area contributed by atoms with E-state index >= 15 is 0 Å². The van der Waals surface area contributed by atoms with Crippen LogP contribution in [0, 0.1) is 16.7 Å². The van der Waals surface area contributed by atoms with Gasteiger partial charge in [0.25, 0.3) is 0 Å². The van der Waals surface area contributed by atoms with Gasteiger partial charge in [-0.25, -0.2) is 0 Å². The number of nitriles is 1. The van der Waals surface area contributed by atoms with Gasteiger partial charge in [-0.05, 0) is 30.7 Å². The fraction of sp³-hybridized carbons (Fsp3) is 0.471. The number of rotatable bonds is 4. The van der Waals surface area contributed by atoms with Crippen LogP contribution in [0.1, 0.15) is 37.9 Å². The van der Waals surface area contributed by atoms with E-state index in [4.69, 9.17) is 9.15 Å². The van der Waals surface area contributed by atoms with Gasteiger partial charge in [0.15, 0.2) is 5.75 Å². The zero-order chi connectivity index (χ0) is 14.7. The van der Waals surface area contributed by atoms with Gasteiger partial charge in [0.05, 0.1) is 12.0 Å². The molecule has 1 aliphatic carbocycles. The van der Waals surface area contributed by atoms with Gasteiger partial charge in [0.1, 0.15) is 11.7 Å². The van der Waals surface area contributed by atoms with Crippen molar-refractivity contribution in [2.75, 3.05) is 12.4 Å². The minimum Gasteiger partial charge on any atom is -0.488 e. The molecule has 0 bridgehead atoms. The van der Waals surface area contributed by atoms with E-state index in [9.17, 15) is 5.26 Å². The highest BCUT2D eigenvalue weighted by molar-refractivity contribution is 7.80. The van der Waals surface area contributed by atoms with E-state index in [0.29, 0.717) is 17.9 Å². The number of nitrogens with zero attached hydrogens (tertiary/aromatic N) is 1. The molecule has 4 heteroatoms. The number of thiol groups is 1. The van der Waals surface area contributed by atoms with E-state index in [0.717, 1.165) is 24.0 Å². The summed E-state index contributed by atoms with van der Waals surface area (Å²) in [6.07, 6.45) is 6.07. The maximum atomic E-state index is 9.24. The Morgan fingerprint density at radius 3 is 2.71 bits per heavy atom. The van der Waals surface area contributed by atoms with Gasteiger partial charge in [-0.3, -0.25) is 0 Å². The summed E-state index contributed by atoms with van der Waals surface area (Å²) in [6.45, 7) is 0.606. The summed E-state index contributed by atoms with van der Waals surface area (Å²) in [7, 11) is 0. The molecule has 1 saturated carbocycles. The third-order valence-electron chi connectivity index (χ3n) is 4.42. The van der Waals surface area contributed by atoms with E-state index in [1.807, 2.05) is 24.3 Å². The maximum Gasteiger partial charge on any atom is 0.246 e. The number of fused-ring (bicyclic) bond motifs is 1. The predicted molar refractivity (Wildman–Crippen MR) is 85.8 cm³/mol. The Bertz CT molecular complexity index is 665. The molecule has 0 saturated heterocycles. The van der Waals surface area contributed by atoms with Crippen molar-refractivity contribution in [3.8, 4) is 11.8 Å². The lowest BCUT2D eigenvalue weighted by Gasteiger charge is -2.35. The van der Waals surface area contributed by atoms with Crippen molar-refractivity contribution in [2.24, 2.45) is 5.41 Å². The van der Waals surface area contributed by atoms with Crippen molar-refractivity contribution in [3.05, 3.63) is 30.0 Å². The highest BCUT2D eigenvalue weighted by atomic mass is 32.1. The molecular formula is C17H19NO2S. The smallest absolute Gasteiger partial charge is 0.246 e. The first-order valence-electron chi connectivity index (χ1n) is 7.43. The highest BCUT2D eigenvalue weighted by Crippen LogP contribution is 2.39. The third kappa shape index (κ3) is 2.75. The average Bonchev–Trinajstić information content (AvgIpc) is 2.91. The van der Waals surface area contributed by atoms with Crippen molar-refractivity contribution in [2.45, 2.75) is 32.1 Å². The standard InChI is InChI=1S/C17H19NO2S/c18-10-15-16(13-6-2-3-7-14(13)20-15)19-11-17(12-21)8-4-1-5-9-17/h2-3,6-7,21H,1,4-5,8-9,11-12H2. The van der Waals surface area contributed by atoms with Gasteiger partial charge in [-0.2, -0.15) is 17.9 Å². The number of para-hydroxylation sites is 1. The van der Waals surface area contributed by atoms with E-state index in [1.54, 1.807) is 0 Å². The van der Waals surface area contributed by atoms with Crippen LogP contribution in [-0.2, 0) is 0 Å². The number of furan rings is 1. The lowest BCUT2D eigenvalue weighted by Crippen LogP contribution is -2.33. The van der Waals surface area contributed by atoms with Crippen LogP contribution in [0.5, 0.6) is 5.75 Å². The summed E-state index contributed by atoms with van der Waals surface area (Å²) in [6, 6.07) is 9.71. The summed E-state index contributed by atoms with van der Waals surface area (Å²) < 4.78 is 11.6. The molecule has 1 heterocycles. The molecule has 0 radical (unpaired) electrons. The van der Waals surface area contributed by atoms with Crippen LogP contribution in [-0.4, -0.2) is 12.4 Å². The number of ether oxygens (including phenoxy) is 1. The molecule has 0 N–H and O–H groups in total. The molecule has 1 aliphatic rings. The fourth-order valence-electron chi connectivity index (χ4n) is 3.11. The molecule has 0 aliphatic heterocycles. The predicted octanol–water partition coefficient (Wildman–Crippen LogP) is 4.56. The maximum absolute atomic E-state index is 9.24. The van der Waals surface area contributed by atoms with Gasteiger partial charge in [-0.15, -0.1) is 0 Å². The summed E-state index contributed by atoms with van der Waals surface area (Å²) in [5.41, 5.74) is 0.833. The summed E-state index contributed by atoms with van der Waals surface area (Å²) in [5, 5.41) is 10.1. The largest absolute Gasteiger partial charge is 0.488 e. The van der Waals surface area contributed by atoms with Crippen molar-refractivity contribution in [3.63, 3.8) is 0 Å². The first kappa shape index (κ1) is 14.3. The molecule has 1 aromatic heterocycles. The molecule has 0 amide bonds. The summed E-state index contributed by atoms with van der Waals surface area (Å²) in [5.74, 6) is 1.67. The van der Waals surface area contributed by atoms with Crippen LogP contribution in [0.4, 0.5) is 0 Å². The van der Waals surface area contributed by atoms with Crippen LogP contribution in [0.25, 0.3) is 11.0 Å². The molecular weight excluding hydrogens is 282 g/mol. The zero-order valence-corrected chi connectivity index (χ0v) is 12.9. The number of hydrogen-bond donors (Lipinski definition) is 1. The molecule has 0 spiro atoms. The second-order valence-corrected chi connectivity index (χ2v) is 6.19. The van der Waals surface area contributed by atoms with Gasteiger partial charge >= 0.3 is 0 Å². The molecule has 3 rings (SSSR count). The second kappa shape index (κ2) is 6.03. The minimum absolute atomic E-state index is 0.131. The Morgan fingerprint density at radius 1 is 1.24 bits per heavy atom. The van der Waals surface area contributed by atoms with Crippen molar-refractivity contribution >= 4 is 23.6 Å². The van der Waals surface area contributed by atoms with Crippen molar-refractivity contribution in [1.82, 2.24) is 0 Å². The Morgan fingerprint density at radius 2 is 2.00 bits per heavy atom. The first-order valence-corrected chi connectivity index (χ1v) is 8.06. The second-order valence-electron chi connectivity index (χ2n) is 5.88. The van der Waals surface area contributed by atoms with Crippen LogP contribution in [0.3, 0.4) is 0 Å². The average molecular weight is 301 g/mol. The van der Waals surface area contributed by atoms with Crippen LogP contribution in [0.15, 0.2) is 28.7 Å². The van der Waals surface area contributed by atoms with E-state index in [2.05, 4.69) is 18.7 Å². The number of benzene rings is 1. The lowest BCUT2D eigenvalue weighted by molar-refractivity contribution is 0.121. The third-order valence-corrected chi connectivity index (χ3v) is 5.09. The number of hydrogen-bond acceptors (Lipinski definition) is 4.